The van der Waals surface area contributed by atoms with Gasteiger partial charge in [-0.2, -0.15) is 5.26 Å². The Morgan fingerprint density at radius 1 is 1.50 bits per heavy atom. The minimum atomic E-state index is 0.790. The maximum absolute atomic E-state index is 8.75. The zero-order chi connectivity index (χ0) is 12.8. The second-order valence-electron chi connectivity index (χ2n) is 5.52. The monoisotopic (exact) mass is 262 g/mol. The van der Waals surface area contributed by atoms with Gasteiger partial charge in [0.25, 0.3) is 0 Å². The van der Waals surface area contributed by atoms with E-state index < -0.39 is 0 Å². The van der Waals surface area contributed by atoms with Crippen molar-refractivity contribution in [3.63, 3.8) is 0 Å². The molecule has 1 heterocycles. The maximum atomic E-state index is 8.75. The average molecular weight is 262 g/mol. The smallest absolute Gasteiger partial charge is 0.100 e. The molecular weight excluding hydrogens is 240 g/mol. The fourth-order valence-corrected chi connectivity index (χ4v) is 3.65. The van der Waals surface area contributed by atoms with E-state index in [-0.39, 0.29) is 0 Å². The molecule has 0 radical (unpaired) electrons. The van der Waals surface area contributed by atoms with Crippen LogP contribution in [0.3, 0.4) is 0 Å². The fourth-order valence-electron chi connectivity index (χ4n) is 2.87. The highest BCUT2D eigenvalue weighted by Crippen LogP contribution is 2.30. The lowest BCUT2D eigenvalue weighted by molar-refractivity contribution is 0.267. The lowest BCUT2D eigenvalue weighted by Gasteiger charge is -2.26. The minimum absolute atomic E-state index is 0.790. The van der Waals surface area contributed by atoms with Crippen molar-refractivity contribution in [1.29, 1.82) is 5.26 Å². The highest BCUT2D eigenvalue weighted by molar-refractivity contribution is 7.10. The lowest BCUT2D eigenvalue weighted by Crippen LogP contribution is -2.20. The Bertz CT molecular complexity index is 405. The van der Waals surface area contributed by atoms with Gasteiger partial charge in [0.1, 0.15) is 6.07 Å². The lowest BCUT2D eigenvalue weighted by atomic mass is 9.81. The molecule has 2 rings (SSSR count). The summed E-state index contributed by atoms with van der Waals surface area (Å²) in [5, 5.41) is 14.2. The van der Waals surface area contributed by atoms with E-state index >= 15 is 0 Å². The third-order valence-corrected chi connectivity index (χ3v) is 4.79. The average Bonchev–Trinajstić information content (AvgIpc) is 2.83. The Hall–Kier alpha value is -0.850. The molecule has 3 heteroatoms. The molecule has 1 aromatic rings. The second-order valence-corrected chi connectivity index (χ2v) is 6.51. The Morgan fingerprint density at radius 3 is 3.11 bits per heavy atom. The standard InChI is InChI=1S/C15H22N2S/c1-12-3-2-4-13(7-12)5-6-17-10-15-8-14(9-16)11-18-15/h8,11-13,17H,2-7,10H2,1H3. The summed E-state index contributed by atoms with van der Waals surface area (Å²) in [5.41, 5.74) is 0.790. The van der Waals surface area contributed by atoms with Gasteiger partial charge in [-0.3, -0.25) is 0 Å². The van der Waals surface area contributed by atoms with Gasteiger partial charge in [0.2, 0.25) is 0 Å². The maximum Gasteiger partial charge on any atom is 0.100 e. The molecule has 18 heavy (non-hydrogen) atoms. The van der Waals surface area contributed by atoms with Gasteiger partial charge in [0.15, 0.2) is 0 Å². The molecule has 2 unspecified atom stereocenters. The van der Waals surface area contributed by atoms with Crippen LogP contribution in [0.25, 0.3) is 0 Å². The zero-order valence-electron chi connectivity index (χ0n) is 11.1. The van der Waals surface area contributed by atoms with Crippen molar-refractivity contribution in [2.75, 3.05) is 6.54 Å². The molecule has 0 aliphatic heterocycles. The second kappa shape index (κ2) is 6.92. The first-order valence-corrected chi connectivity index (χ1v) is 7.84. The molecule has 0 spiro atoms. The number of rotatable bonds is 5. The van der Waals surface area contributed by atoms with Crippen LogP contribution in [0.5, 0.6) is 0 Å². The molecule has 0 amide bonds. The van der Waals surface area contributed by atoms with E-state index in [2.05, 4.69) is 18.3 Å². The van der Waals surface area contributed by atoms with Crippen LogP contribution in [0.2, 0.25) is 0 Å². The fraction of sp³-hybridized carbons (Fsp3) is 0.667. The minimum Gasteiger partial charge on any atom is -0.312 e. The van der Waals surface area contributed by atoms with E-state index in [0.29, 0.717) is 0 Å². The van der Waals surface area contributed by atoms with Crippen molar-refractivity contribution >= 4 is 11.3 Å². The molecule has 98 valence electrons. The summed E-state index contributed by atoms with van der Waals surface area (Å²) in [6.45, 7) is 4.40. The van der Waals surface area contributed by atoms with E-state index in [9.17, 15) is 0 Å². The number of nitriles is 1. The number of hydrogen-bond acceptors (Lipinski definition) is 3. The molecule has 1 aromatic heterocycles. The summed E-state index contributed by atoms with van der Waals surface area (Å²) in [5.74, 6) is 1.86. The normalized spacial score (nSPS) is 23.8. The van der Waals surface area contributed by atoms with E-state index in [1.54, 1.807) is 11.3 Å². The van der Waals surface area contributed by atoms with Crippen LogP contribution in [0.4, 0.5) is 0 Å². The van der Waals surface area contributed by atoms with Crippen molar-refractivity contribution < 1.29 is 0 Å². The van der Waals surface area contributed by atoms with Gasteiger partial charge in [-0.15, -0.1) is 11.3 Å². The van der Waals surface area contributed by atoms with Crippen molar-refractivity contribution in [3.8, 4) is 6.07 Å². The first-order chi connectivity index (χ1) is 8.78. The Labute approximate surface area is 114 Å². The highest BCUT2D eigenvalue weighted by Gasteiger charge is 2.18. The van der Waals surface area contributed by atoms with Crippen LogP contribution >= 0.6 is 11.3 Å². The van der Waals surface area contributed by atoms with Crippen LogP contribution in [0, 0.1) is 23.2 Å². The van der Waals surface area contributed by atoms with Gasteiger partial charge in [-0.1, -0.05) is 26.2 Å². The van der Waals surface area contributed by atoms with Crippen molar-refractivity contribution in [2.45, 2.75) is 45.6 Å². The predicted octanol–water partition coefficient (Wildman–Crippen LogP) is 3.93. The van der Waals surface area contributed by atoms with Gasteiger partial charge in [0.05, 0.1) is 5.56 Å². The molecule has 0 bridgehead atoms. The number of thiophene rings is 1. The van der Waals surface area contributed by atoms with Crippen LogP contribution < -0.4 is 5.32 Å². The quantitative estimate of drug-likeness (QED) is 0.816. The largest absolute Gasteiger partial charge is 0.312 e. The van der Waals surface area contributed by atoms with Crippen molar-refractivity contribution in [1.82, 2.24) is 5.32 Å². The molecule has 1 aliphatic rings. The first-order valence-electron chi connectivity index (χ1n) is 6.96. The van der Waals surface area contributed by atoms with E-state index in [1.807, 2.05) is 11.4 Å². The third kappa shape index (κ3) is 4.12. The molecule has 1 N–H and O–H groups in total. The Kier molecular flexibility index (Phi) is 5.22. The summed E-state index contributed by atoms with van der Waals surface area (Å²) in [6, 6.07) is 4.16. The molecule has 1 saturated carbocycles. The van der Waals surface area contributed by atoms with Crippen molar-refractivity contribution in [2.24, 2.45) is 11.8 Å². The van der Waals surface area contributed by atoms with Gasteiger partial charge in [-0.25, -0.2) is 0 Å². The van der Waals surface area contributed by atoms with Crippen LogP contribution in [0.15, 0.2) is 11.4 Å². The molecule has 0 aromatic carbocycles. The molecular formula is C15H22N2S. The van der Waals surface area contributed by atoms with Crippen LogP contribution in [-0.2, 0) is 6.54 Å². The summed E-state index contributed by atoms with van der Waals surface area (Å²) in [4.78, 5) is 1.27. The summed E-state index contributed by atoms with van der Waals surface area (Å²) in [6.07, 6.45) is 6.99. The SMILES string of the molecule is CC1CCCC(CCNCc2cc(C#N)cs2)C1. The summed E-state index contributed by atoms with van der Waals surface area (Å²) >= 11 is 1.68. The number of nitrogens with zero attached hydrogens (tertiary/aromatic N) is 1. The van der Waals surface area contributed by atoms with E-state index in [0.717, 1.165) is 30.5 Å². The van der Waals surface area contributed by atoms with E-state index in [1.165, 1.54) is 37.0 Å². The number of hydrogen-bond donors (Lipinski definition) is 1. The zero-order valence-corrected chi connectivity index (χ0v) is 11.9. The topological polar surface area (TPSA) is 35.8 Å². The number of nitrogens with one attached hydrogen (secondary N) is 1. The summed E-state index contributed by atoms with van der Waals surface area (Å²) < 4.78 is 0. The van der Waals surface area contributed by atoms with Crippen LogP contribution in [-0.4, -0.2) is 6.54 Å². The van der Waals surface area contributed by atoms with Gasteiger partial charge in [0, 0.05) is 16.8 Å². The third-order valence-electron chi connectivity index (χ3n) is 3.86. The predicted molar refractivity (Wildman–Crippen MR) is 76.5 cm³/mol. The Balaban J connectivity index is 1.62. The first kappa shape index (κ1) is 13.6. The Morgan fingerprint density at radius 2 is 2.39 bits per heavy atom. The van der Waals surface area contributed by atoms with Crippen LogP contribution in [0.1, 0.15) is 49.5 Å². The van der Waals surface area contributed by atoms with Gasteiger partial charge >= 0.3 is 0 Å². The molecule has 2 nitrogen and oxygen atoms in total. The molecule has 1 aliphatic carbocycles. The molecule has 2 atom stereocenters. The molecule has 0 saturated heterocycles. The summed E-state index contributed by atoms with van der Waals surface area (Å²) in [7, 11) is 0. The highest BCUT2D eigenvalue weighted by atomic mass is 32.1. The van der Waals surface area contributed by atoms with Gasteiger partial charge < -0.3 is 5.32 Å². The molecule has 1 fully saturated rings. The van der Waals surface area contributed by atoms with Crippen molar-refractivity contribution in [3.05, 3.63) is 21.9 Å². The van der Waals surface area contributed by atoms with E-state index in [4.69, 9.17) is 5.26 Å². The van der Waals surface area contributed by atoms with Gasteiger partial charge in [-0.05, 0) is 37.3 Å².